The van der Waals surface area contributed by atoms with Crippen molar-refractivity contribution < 1.29 is 0 Å². The highest BCUT2D eigenvalue weighted by molar-refractivity contribution is 5.75. The van der Waals surface area contributed by atoms with Crippen molar-refractivity contribution in [1.82, 2.24) is 10.6 Å². The van der Waals surface area contributed by atoms with Gasteiger partial charge in [0.25, 0.3) is 0 Å². The summed E-state index contributed by atoms with van der Waals surface area (Å²) < 4.78 is 0. The van der Waals surface area contributed by atoms with Crippen molar-refractivity contribution in [3.05, 3.63) is 35.4 Å². The fourth-order valence-electron chi connectivity index (χ4n) is 1.10. The van der Waals surface area contributed by atoms with Crippen molar-refractivity contribution in [2.75, 3.05) is 7.05 Å². The molecule has 70 valence electrons. The molecular formula is C10H15N3. The van der Waals surface area contributed by atoms with Gasteiger partial charge in [-0.2, -0.15) is 0 Å². The number of rotatable bonds is 2. The van der Waals surface area contributed by atoms with Gasteiger partial charge in [-0.25, -0.2) is 0 Å². The van der Waals surface area contributed by atoms with E-state index in [1.807, 2.05) is 12.1 Å². The van der Waals surface area contributed by atoms with Crippen LogP contribution in [0.15, 0.2) is 24.3 Å². The maximum Gasteiger partial charge on any atom is 0.188 e. The zero-order valence-corrected chi connectivity index (χ0v) is 8.02. The second-order valence-corrected chi connectivity index (χ2v) is 2.97. The van der Waals surface area contributed by atoms with Crippen molar-refractivity contribution in [1.29, 1.82) is 5.41 Å². The number of hydrogen-bond acceptors (Lipinski definition) is 1. The molecule has 3 heteroatoms. The van der Waals surface area contributed by atoms with Crippen LogP contribution in [0.1, 0.15) is 11.1 Å². The lowest BCUT2D eigenvalue weighted by atomic mass is 10.1. The van der Waals surface area contributed by atoms with Gasteiger partial charge >= 0.3 is 0 Å². The molecule has 0 fully saturated rings. The minimum absolute atomic E-state index is 0.349. The lowest BCUT2D eigenvalue weighted by Crippen LogP contribution is -2.32. The molecule has 0 unspecified atom stereocenters. The first kappa shape index (κ1) is 9.58. The number of benzene rings is 1. The van der Waals surface area contributed by atoms with Gasteiger partial charge in [0.2, 0.25) is 0 Å². The van der Waals surface area contributed by atoms with E-state index in [-0.39, 0.29) is 0 Å². The van der Waals surface area contributed by atoms with Crippen molar-refractivity contribution in [3.8, 4) is 0 Å². The lowest BCUT2D eigenvalue weighted by Gasteiger charge is -2.06. The van der Waals surface area contributed by atoms with Crippen LogP contribution in [0.5, 0.6) is 0 Å². The van der Waals surface area contributed by atoms with E-state index in [0.29, 0.717) is 12.5 Å². The summed E-state index contributed by atoms with van der Waals surface area (Å²) in [5.74, 6) is 0.349. The average molecular weight is 177 g/mol. The second-order valence-electron chi connectivity index (χ2n) is 2.97. The summed E-state index contributed by atoms with van der Waals surface area (Å²) in [7, 11) is 1.73. The van der Waals surface area contributed by atoms with Gasteiger partial charge in [-0.1, -0.05) is 29.8 Å². The minimum atomic E-state index is 0.349. The molecule has 0 atom stereocenters. The van der Waals surface area contributed by atoms with Crippen molar-refractivity contribution in [2.24, 2.45) is 0 Å². The highest BCUT2D eigenvalue weighted by Crippen LogP contribution is 2.02. The van der Waals surface area contributed by atoms with E-state index >= 15 is 0 Å². The number of aryl methyl sites for hydroxylation is 1. The molecule has 0 bridgehead atoms. The van der Waals surface area contributed by atoms with E-state index in [9.17, 15) is 0 Å². The van der Waals surface area contributed by atoms with Crippen LogP contribution in [0.25, 0.3) is 0 Å². The highest BCUT2D eigenvalue weighted by atomic mass is 15.1. The Morgan fingerprint density at radius 3 is 2.85 bits per heavy atom. The molecule has 0 aliphatic rings. The molecule has 1 rings (SSSR count). The molecule has 13 heavy (non-hydrogen) atoms. The molecule has 0 aliphatic carbocycles. The zero-order chi connectivity index (χ0) is 9.68. The van der Waals surface area contributed by atoms with Crippen molar-refractivity contribution in [2.45, 2.75) is 13.5 Å². The molecule has 3 nitrogen and oxygen atoms in total. The monoisotopic (exact) mass is 177 g/mol. The Kier molecular flexibility index (Phi) is 3.31. The van der Waals surface area contributed by atoms with Crippen LogP contribution in [0.2, 0.25) is 0 Å². The molecular weight excluding hydrogens is 162 g/mol. The summed E-state index contributed by atoms with van der Waals surface area (Å²) in [6.07, 6.45) is 0. The summed E-state index contributed by atoms with van der Waals surface area (Å²) in [4.78, 5) is 0. The first-order chi connectivity index (χ1) is 6.22. The first-order valence-corrected chi connectivity index (χ1v) is 4.28. The zero-order valence-electron chi connectivity index (χ0n) is 8.02. The van der Waals surface area contributed by atoms with Crippen molar-refractivity contribution in [3.63, 3.8) is 0 Å². The molecule has 1 aromatic carbocycles. The van der Waals surface area contributed by atoms with Gasteiger partial charge in [0, 0.05) is 13.6 Å². The standard InChI is InChI=1S/C10H15N3/c1-8-4-3-5-9(6-8)7-13-10(11)12-2/h3-6H,7H2,1-2H3,(H3,11,12,13). The Morgan fingerprint density at radius 2 is 2.23 bits per heavy atom. The van der Waals surface area contributed by atoms with Gasteiger partial charge in [0.05, 0.1) is 0 Å². The molecule has 0 amide bonds. The highest BCUT2D eigenvalue weighted by Gasteiger charge is 1.93. The number of guanidine groups is 1. The van der Waals surface area contributed by atoms with E-state index < -0.39 is 0 Å². The fraction of sp³-hybridized carbons (Fsp3) is 0.300. The van der Waals surface area contributed by atoms with E-state index in [4.69, 9.17) is 5.41 Å². The summed E-state index contributed by atoms with van der Waals surface area (Å²) >= 11 is 0. The molecule has 0 saturated carbocycles. The van der Waals surface area contributed by atoms with E-state index in [0.717, 1.165) is 0 Å². The molecule has 0 heterocycles. The third-order valence-electron chi connectivity index (χ3n) is 1.80. The van der Waals surface area contributed by atoms with Crippen LogP contribution < -0.4 is 10.6 Å². The van der Waals surface area contributed by atoms with Crippen LogP contribution in [0.4, 0.5) is 0 Å². The van der Waals surface area contributed by atoms with Gasteiger partial charge in [-0.05, 0) is 12.5 Å². The Morgan fingerprint density at radius 1 is 1.46 bits per heavy atom. The van der Waals surface area contributed by atoms with E-state index in [1.165, 1.54) is 11.1 Å². The third kappa shape index (κ3) is 3.15. The van der Waals surface area contributed by atoms with E-state index in [1.54, 1.807) is 7.05 Å². The van der Waals surface area contributed by atoms with Gasteiger partial charge in [-0.15, -0.1) is 0 Å². The molecule has 0 aliphatic heterocycles. The van der Waals surface area contributed by atoms with Crippen LogP contribution in [-0.4, -0.2) is 13.0 Å². The summed E-state index contributed by atoms with van der Waals surface area (Å²) in [6.45, 7) is 2.76. The molecule has 0 radical (unpaired) electrons. The Bertz CT molecular complexity index is 294. The largest absolute Gasteiger partial charge is 0.360 e. The van der Waals surface area contributed by atoms with Crippen LogP contribution in [0.3, 0.4) is 0 Å². The van der Waals surface area contributed by atoms with Gasteiger partial charge < -0.3 is 10.6 Å². The topological polar surface area (TPSA) is 47.9 Å². The minimum Gasteiger partial charge on any atom is -0.360 e. The summed E-state index contributed by atoms with van der Waals surface area (Å²) in [5.41, 5.74) is 2.44. The molecule has 3 N–H and O–H groups in total. The van der Waals surface area contributed by atoms with Crippen LogP contribution >= 0.6 is 0 Å². The summed E-state index contributed by atoms with van der Waals surface area (Å²) in [6, 6.07) is 8.24. The Hall–Kier alpha value is -1.51. The quantitative estimate of drug-likeness (QED) is 0.470. The molecule has 1 aromatic rings. The van der Waals surface area contributed by atoms with E-state index in [2.05, 4.69) is 29.7 Å². The average Bonchev–Trinajstić information content (AvgIpc) is 2.14. The lowest BCUT2D eigenvalue weighted by molar-refractivity contribution is 0.860. The second kappa shape index (κ2) is 4.50. The van der Waals surface area contributed by atoms with Gasteiger partial charge in [0.15, 0.2) is 5.96 Å². The SMILES string of the molecule is CNC(=N)NCc1cccc(C)c1. The Balaban J connectivity index is 2.50. The van der Waals surface area contributed by atoms with Crippen LogP contribution in [0, 0.1) is 12.3 Å². The number of nitrogens with one attached hydrogen (secondary N) is 3. The smallest absolute Gasteiger partial charge is 0.188 e. The maximum atomic E-state index is 7.32. The normalized spacial score (nSPS) is 9.38. The maximum absolute atomic E-state index is 7.32. The Labute approximate surface area is 78.7 Å². The first-order valence-electron chi connectivity index (χ1n) is 4.28. The summed E-state index contributed by atoms with van der Waals surface area (Å²) in [5, 5.41) is 13.0. The number of hydrogen-bond donors (Lipinski definition) is 3. The fourth-order valence-corrected chi connectivity index (χ4v) is 1.10. The van der Waals surface area contributed by atoms with Gasteiger partial charge in [0.1, 0.15) is 0 Å². The van der Waals surface area contributed by atoms with Crippen molar-refractivity contribution >= 4 is 5.96 Å². The van der Waals surface area contributed by atoms with Crippen LogP contribution in [-0.2, 0) is 6.54 Å². The molecule has 0 aromatic heterocycles. The molecule has 0 spiro atoms. The van der Waals surface area contributed by atoms with Gasteiger partial charge in [-0.3, -0.25) is 5.41 Å². The predicted molar refractivity (Wildman–Crippen MR) is 54.8 cm³/mol. The predicted octanol–water partition coefficient (Wildman–Crippen LogP) is 1.24. The molecule has 0 saturated heterocycles. The third-order valence-corrected chi connectivity index (χ3v) is 1.80.